The molecule has 18 heavy (non-hydrogen) atoms. The van der Waals surface area contributed by atoms with Crippen LogP contribution in [0.25, 0.3) is 0 Å². The molecule has 100 valence electrons. The zero-order valence-electron chi connectivity index (χ0n) is 11.4. The zero-order chi connectivity index (χ0) is 13.0. The molecule has 0 bridgehead atoms. The van der Waals surface area contributed by atoms with Gasteiger partial charge in [0.25, 0.3) is 0 Å². The molecule has 2 rings (SSSR count). The van der Waals surface area contributed by atoms with Gasteiger partial charge in [-0.25, -0.2) is 0 Å². The van der Waals surface area contributed by atoms with E-state index in [1.165, 1.54) is 6.42 Å². The van der Waals surface area contributed by atoms with Crippen molar-refractivity contribution in [2.75, 3.05) is 20.2 Å². The molecule has 1 atom stereocenters. The fraction of sp³-hybridized carbons (Fsp3) is 0.643. The molecular weight excluding hydrogens is 226 g/mol. The van der Waals surface area contributed by atoms with Crippen molar-refractivity contribution in [2.24, 2.45) is 5.73 Å². The number of nitrogens with two attached hydrogens (primary N) is 1. The highest BCUT2D eigenvalue weighted by atomic mass is 16.5. The summed E-state index contributed by atoms with van der Waals surface area (Å²) in [5.74, 6) is 0. The third-order valence-electron chi connectivity index (χ3n) is 3.74. The summed E-state index contributed by atoms with van der Waals surface area (Å²) in [5, 5.41) is 0. The van der Waals surface area contributed by atoms with E-state index in [4.69, 9.17) is 10.5 Å². The molecule has 0 spiro atoms. The Labute approximate surface area is 109 Å². The molecule has 0 aliphatic carbocycles. The predicted molar refractivity (Wildman–Crippen MR) is 72.1 cm³/mol. The van der Waals surface area contributed by atoms with Crippen LogP contribution in [0.5, 0.6) is 0 Å². The van der Waals surface area contributed by atoms with Crippen molar-refractivity contribution in [2.45, 2.75) is 38.5 Å². The van der Waals surface area contributed by atoms with Crippen LogP contribution in [0.15, 0.2) is 18.3 Å². The summed E-state index contributed by atoms with van der Waals surface area (Å²) in [7, 11) is 1.80. The molecule has 2 N–H and O–H groups in total. The topological polar surface area (TPSA) is 51.4 Å². The Morgan fingerprint density at radius 2 is 2.33 bits per heavy atom. The van der Waals surface area contributed by atoms with Crippen molar-refractivity contribution in [1.29, 1.82) is 0 Å². The fourth-order valence-electron chi connectivity index (χ4n) is 2.51. The lowest BCUT2D eigenvalue weighted by Crippen LogP contribution is -2.46. The van der Waals surface area contributed by atoms with Crippen molar-refractivity contribution >= 4 is 0 Å². The van der Waals surface area contributed by atoms with Gasteiger partial charge >= 0.3 is 0 Å². The summed E-state index contributed by atoms with van der Waals surface area (Å²) in [6.07, 6.45) is 4.19. The van der Waals surface area contributed by atoms with E-state index in [-0.39, 0.29) is 5.60 Å². The van der Waals surface area contributed by atoms with Crippen molar-refractivity contribution in [3.63, 3.8) is 0 Å². The molecular formula is C14H23N3O. The van der Waals surface area contributed by atoms with Crippen molar-refractivity contribution < 1.29 is 4.74 Å². The Morgan fingerprint density at radius 3 is 2.94 bits per heavy atom. The number of ether oxygens (including phenoxy) is 1. The first kappa shape index (κ1) is 13.5. The van der Waals surface area contributed by atoms with Gasteiger partial charge in [0.1, 0.15) is 0 Å². The van der Waals surface area contributed by atoms with Crippen LogP contribution >= 0.6 is 0 Å². The molecule has 4 heteroatoms. The first-order chi connectivity index (χ1) is 8.65. The Hall–Kier alpha value is -0.970. The highest BCUT2D eigenvalue weighted by Gasteiger charge is 2.30. The lowest BCUT2D eigenvalue weighted by atomic mass is 9.94. The maximum absolute atomic E-state index is 5.60. The van der Waals surface area contributed by atoms with Crippen LogP contribution in [0.4, 0.5) is 0 Å². The van der Waals surface area contributed by atoms with Gasteiger partial charge in [-0.1, -0.05) is 6.07 Å². The SMILES string of the molecule is COC1(C)CCCN(Cc2ccc(CN)cn2)C1. The number of methoxy groups -OCH3 is 1. The number of likely N-dealkylation sites (tertiary alicyclic amines) is 1. The first-order valence-corrected chi connectivity index (χ1v) is 6.56. The number of hydrogen-bond donors (Lipinski definition) is 1. The van der Waals surface area contributed by atoms with Crippen molar-refractivity contribution in [3.05, 3.63) is 29.6 Å². The summed E-state index contributed by atoms with van der Waals surface area (Å²) >= 11 is 0. The molecule has 1 aromatic heterocycles. The summed E-state index contributed by atoms with van der Waals surface area (Å²) in [5.41, 5.74) is 7.75. The highest BCUT2D eigenvalue weighted by molar-refractivity contribution is 5.13. The van der Waals surface area contributed by atoms with Gasteiger partial charge in [-0.05, 0) is 37.9 Å². The second-order valence-corrected chi connectivity index (χ2v) is 5.33. The second-order valence-electron chi connectivity index (χ2n) is 5.33. The molecule has 0 amide bonds. The molecule has 1 aliphatic heterocycles. The monoisotopic (exact) mass is 249 g/mol. The molecule has 1 saturated heterocycles. The molecule has 4 nitrogen and oxygen atoms in total. The van der Waals surface area contributed by atoms with Crippen LogP contribution in [0.1, 0.15) is 31.0 Å². The first-order valence-electron chi connectivity index (χ1n) is 6.56. The molecule has 1 aliphatic rings. The van der Waals surface area contributed by atoms with E-state index < -0.39 is 0 Å². The molecule has 0 saturated carbocycles. The Morgan fingerprint density at radius 1 is 1.50 bits per heavy atom. The molecule has 1 aromatic rings. The minimum absolute atomic E-state index is 0.00451. The van der Waals surface area contributed by atoms with Gasteiger partial charge in [0, 0.05) is 32.9 Å². The van der Waals surface area contributed by atoms with E-state index in [0.29, 0.717) is 6.54 Å². The summed E-state index contributed by atoms with van der Waals surface area (Å²) < 4.78 is 5.60. The molecule has 0 radical (unpaired) electrons. The zero-order valence-corrected chi connectivity index (χ0v) is 11.4. The minimum Gasteiger partial charge on any atom is -0.377 e. The van der Waals surface area contributed by atoms with E-state index in [2.05, 4.69) is 28.9 Å². The van der Waals surface area contributed by atoms with Crippen LogP contribution in [-0.2, 0) is 17.8 Å². The quantitative estimate of drug-likeness (QED) is 0.879. The maximum atomic E-state index is 5.60. The van der Waals surface area contributed by atoms with E-state index in [1.54, 1.807) is 7.11 Å². The second kappa shape index (κ2) is 5.78. The van der Waals surface area contributed by atoms with Gasteiger partial charge in [-0.2, -0.15) is 0 Å². The predicted octanol–water partition coefficient (Wildman–Crippen LogP) is 1.54. The smallest absolute Gasteiger partial charge is 0.0777 e. The fourth-order valence-corrected chi connectivity index (χ4v) is 2.51. The molecule has 2 heterocycles. The Bertz CT molecular complexity index is 379. The van der Waals surface area contributed by atoms with Gasteiger partial charge < -0.3 is 10.5 Å². The Kier molecular flexibility index (Phi) is 4.32. The van der Waals surface area contributed by atoms with Gasteiger partial charge in [-0.15, -0.1) is 0 Å². The van der Waals surface area contributed by atoms with E-state index in [0.717, 1.165) is 37.3 Å². The van der Waals surface area contributed by atoms with Crippen molar-refractivity contribution in [1.82, 2.24) is 9.88 Å². The summed E-state index contributed by atoms with van der Waals surface area (Å²) in [6.45, 7) is 5.73. The number of piperidine rings is 1. The number of aromatic nitrogens is 1. The van der Waals surface area contributed by atoms with Gasteiger partial charge in [0.05, 0.1) is 11.3 Å². The van der Waals surface area contributed by atoms with E-state index >= 15 is 0 Å². The summed E-state index contributed by atoms with van der Waals surface area (Å²) in [4.78, 5) is 6.87. The average molecular weight is 249 g/mol. The van der Waals surface area contributed by atoms with Gasteiger partial charge in [0.2, 0.25) is 0 Å². The van der Waals surface area contributed by atoms with Crippen LogP contribution in [-0.4, -0.2) is 35.7 Å². The van der Waals surface area contributed by atoms with Gasteiger partial charge in [-0.3, -0.25) is 9.88 Å². The molecule has 0 aromatic carbocycles. The third-order valence-corrected chi connectivity index (χ3v) is 3.74. The number of pyridine rings is 1. The number of rotatable bonds is 4. The lowest BCUT2D eigenvalue weighted by molar-refractivity contribution is -0.0529. The Balaban J connectivity index is 1.96. The average Bonchev–Trinajstić information content (AvgIpc) is 2.40. The number of hydrogen-bond acceptors (Lipinski definition) is 4. The standard InChI is InChI=1S/C14H23N3O/c1-14(18-2)6-3-7-17(11-14)10-13-5-4-12(8-15)9-16-13/h4-5,9H,3,6-8,10-11,15H2,1-2H3. The summed E-state index contributed by atoms with van der Waals surface area (Å²) in [6, 6.07) is 4.13. The molecule has 1 unspecified atom stereocenters. The largest absolute Gasteiger partial charge is 0.377 e. The minimum atomic E-state index is -0.00451. The van der Waals surface area contributed by atoms with Crippen LogP contribution in [0.3, 0.4) is 0 Å². The van der Waals surface area contributed by atoms with Crippen LogP contribution < -0.4 is 5.73 Å². The lowest BCUT2D eigenvalue weighted by Gasteiger charge is -2.39. The van der Waals surface area contributed by atoms with E-state index in [1.807, 2.05) is 6.20 Å². The van der Waals surface area contributed by atoms with Crippen LogP contribution in [0, 0.1) is 0 Å². The highest BCUT2D eigenvalue weighted by Crippen LogP contribution is 2.24. The van der Waals surface area contributed by atoms with E-state index in [9.17, 15) is 0 Å². The maximum Gasteiger partial charge on any atom is 0.0777 e. The van der Waals surface area contributed by atoms with Crippen LogP contribution in [0.2, 0.25) is 0 Å². The number of nitrogens with zero attached hydrogens (tertiary/aromatic N) is 2. The van der Waals surface area contributed by atoms with Gasteiger partial charge in [0.15, 0.2) is 0 Å². The van der Waals surface area contributed by atoms with Crippen molar-refractivity contribution in [3.8, 4) is 0 Å². The third kappa shape index (κ3) is 3.28. The normalized spacial score (nSPS) is 25.3. The molecule has 1 fully saturated rings.